The standard InChI is InChI=1S/C26H24O6/c1-31-18-9-5-16(6-10-18)23(27)26(24(28)17-7-11-19(32-2)12-8-17)15-3-4-20-21(25(29)30)13-14-22(20)26/h3-12,15,21-22H,13-14H2,1-2H3,(H,29,30). The van der Waals surface area contributed by atoms with Gasteiger partial charge >= 0.3 is 5.97 Å². The molecule has 6 nitrogen and oxygen atoms in total. The quantitative estimate of drug-likeness (QED) is 0.516. The van der Waals surface area contributed by atoms with Crippen LogP contribution in [0.5, 0.6) is 11.5 Å². The number of Topliss-reactive ketones (excluding diaryl/α,β-unsaturated/α-hetero) is 2. The van der Waals surface area contributed by atoms with Gasteiger partial charge in [0, 0.05) is 17.0 Å². The second-order valence-corrected chi connectivity index (χ2v) is 8.03. The molecule has 0 amide bonds. The van der Waals surface area contributed by atoms with Crippen molar-refractivity contribution in [1.82, 2.24) is 0 Å². The second-order valence-electron chi connectivity index (χ2n) is 8.03. The smallest absolute Gasteiger partial charge is 0.310 e. The number of hydrogen-bond acceptors (Lipinski definition) is 5. The minimum atomic E-state index is -1.52. The van der Waals surface area contributed by atoms with E-state index in [-0.39, 0.29) is 11.6 Å². The van der Waals surface area contributed by atoms with E-state index in [2.05, 4.69) is 0 Å². The highest BCUT2D eigenvalue weighted by Crippen LogP contribution is 2.52. The van der Waals surface area contributed by atoms with Gasteiger partial charge in [0.1, 0.15) is 16.9 Å². The molecule has 0 radical (unpaired) electrons. The maximum absolute atomic E-state index is 14.0. The van der Waals surface area contributed by atoms with Crippen LogP contribution in [0.4, 0.5) is 0 Å². The maximum Gasteiger partial charge on any atom is 0.310 e. The number of allylic oxidation sites excluding steroid dienone is 3. The topological polar surface area (TPSA) is 89.9 Å². The number of rotatable bonds is 7. The van der Waals surface area contributed by atoms with E-state index in [0.717, 1.165) is 0 Å². The number of methoxy groups -OCH3 is 2. The first kappa shape index (κ1) is 21.6. The van der Waals surface area contributed by atoms with Crippen molar-refractivity contribution >= 4 is 17.5 Å². The average Bonchev–Trinajstić information content (AvgIpc) is 3.28. The first-order valence-corrected chi connectivity index (χ1v) is 10.4. The van der Waals surface area contributed by atoms with Gasteiger partial charge in [-0.15, -0.1) is 0 Å². The van der Waals surface area contributed by atoms with Crippen LogP contribution in [-0.2, 0) is 4.79 Å². The number of carbonyl (C=O) groups is 3. The van der Waals surface area contributed by atoms with Crippen LogP contribution in [0, 0.1) is 17.3 Å². The number of ketones is 2. The molecule has 32 heavy (non-hydrogen) atoms. The normalized spacial score (nSPS) is 20.8. The van der Waals surface area contributed by atoms with Crippen molar-refractivity contribution in [3.63, 3.8) is 0 Å². The Kier molecular flexibility index (Phi) is 5.70. The number of carboxylic acid groups (broad SMARTS) is 1. The molecule has 2 unspecified atom stereocenters. The molecular weight excluding hydrogens is 408 g/mol. The van der Waals surface area contributed by atoms with Crippen molar-refractivity contribution < 1.29 is 29.0 Å². The van der Waals surface area contributed by atoms with Gasteiger partial charge in [-0.3, -0.25) is 14.4 Å². The molecule has 0 spiro atoms. The summed E-state index contributed by atoms with van der Waals surface area (Å²) in [5.74, 6) is -1.64. The van der Waals surface area contributed by atoms with Crippen LogP contribution >= 0.6 is 0 Å². The first-order chi connectivity index (χ1) is 15.4. The van der Waals surface area contributed by atoms with E-state index in [4.69, 9.17) is 9.47 Å². The molecule has 0 bridgehead atoms. The van der Waals surface area contributed by atoms with Gasteiger partial charge in [-0.25, -0.2) is 0 Å². The minimum Gasteiger partial charge on any atom is -0.497 e. The Balaban J connectivity index is 1.83. The Morgan fingerprint density at radius 1 is 0.844 bits per heavy atom. The molecule has 0 aliphatic heterocycles. The summed E-state index contributed by atoms with van der Waals surface area (Å²) in [6.45, 7) is 0. The van der Waals surface area contributed by atoms with Crippen LogP contribution in [-0.4, -0.2) is 36.9 Å². The zero-order chi connectivity index (χ0) is 22.9. The average molecular weight is 432 g/mol. The van der Waals surface area contributed by atoms with Gasteiger partial charge in [-0.05, 0) is 61.4 Å². The van der Waals surface area contributed by atoms with E-state index in [1.54, 1.807) is 66.8 Å². The number of fused-ring (bicyclic) bond motifs is 1. The third kappa shape index (κ3) is 3.42. The first-order valence-electron chi connectivity index (χ1n) is 10.4. The highest BCUT2D eigenvalue weighted by Gasteiger charge is 2.56. The fourth-order valence-corrected chi connectivity index (χ4v) is 4.86. The van der Waals surface area contributed by atoms with E-state index in [0.29, 0.717) is 41.0 Å². The van der Waals surface area contributed by atoms with Crippen LogP contribution < -0.4 is 9.47 Å². The molecule has 0 heterocycles. The monoisotopic (exact) mass is 432 g/mol. The molecule has 2 aliphatic carbocycles. The lowest BCUT2D eigenvalue weighted by molar-refractivity contribution is -0.140. The highest BCUT2D eigenvalue weighted by atomic mass is 16.5. The summed E-state index contributed by atoms with van der Waals surface area (Å²) in [5.41, 5.74) is -0.143. The Hall–Kier alpha value is -3.67. The Morgan fingerprint density at radius 2 is 1.34 bits per heavy atom. The zero-order valence-electron chi connectivity index (χ0n) is 17.9. The van der Waals surface area contributed by atoms with Crippen molar-refractivity contribution in [3.05, 3.63) is 83.5 Å². The third-order valence-electron chi connectivity index (χ3n) is 6.50. The van der Waals surface area contributed by atoms with Gasteiger partial charge in [-0.1, -0.05) is 23.8 Å². The molecule has 6 heteroatoms. The van der Waals surface area contributed by atoms with Gasteiger partial charge in [-0.2, -0.15) is 0 Å². The van der Waals surface area contributed by atoms with E-state index >= 15 is 0 Å². The molecule has 4 rings (SSSR count). The van der Waals surface area contributed by atoms with Crippen molar-refractivity contribution in [1.29, 1.82) is 0 Å². The van der Waals surface area contributed by atoms with Crippen molar-refractivity contribution in [2.45, 2.75) is 12.8 Å². The summed E-state index contributed by atoms with van der Waals surface area (Å²) < 4.78 is 10.4. The van der Waals surface area contributed by atoms with Crippen LogP contribution in [0.2, 0.25) is 0 Å². The Bertz CT molecular complexity index is 1050. The number of benzene rings is 2. The number of carbonyl (C=O) groups excluding carboxylic acids is 2. The summed E-state index contributed by atoms with van der Waals surface area (Å²) in [6.07, 6.45) is 5.87. The summed E-state index contributed by atoms with van der Waals surface area (Å²) in [4.78, 5) is 39.8. The van der Waals surface area contributed by atoms with Crippen LogP contribution in [0.1, 0.15) is 33.6 Å². The fourth-order valence-electron chi connectivity index (χ4n) is 4.86. The van der Waals surface area contributed by atoms with Crippen molar-refractivity contribution in [2.75, 3.05) is 14.2 Å². The lowest BCUT2D eigenvalue weighted by Crippen LogP contribution is -2.45. The summed E-state index contributed by atoms with van der Waals surface area (Å²) in [5, 5.41) is 9.69. The predicted octanol–water partition coefficient (Wildman–Crippen LogP) is 4.36. The summed E-state index contributed by atoms with van der Waals surface area (Å²) >= 11 is 0. The third-order valence-corrected chi connectivity index (χ3v) is 6.50. The molecule has 1 fully saturated rings. The number of carboxylic acids is 1. The van der Waals surface area contributed by atoms with Crippen LogP contribution in [0.25, 0.3) is 0 Å². The molecule has 1 N–H and O–H groups in total. The number of ether oxygens (including phenoxy) is 2. The van der Waals surface area contributed by atoms with E-state index in [1.165, 1.54) is 14.2 Å². The lowest BCUT2D eigenvalue weighted by Gasteiger charge is -2.37. The van der Waals surface area contributed by atoms with E-state index < -0.39 is 23.2 Å². The predicted molar refractivity (Wildman–Crippen MR) is 118 cm³/mol. The molecule has 164 valence electrons. The molecule has 0 aromatic heterocycles. The van der Waals surface area contributed by atoms with Crippen LogP contribution in [0.15, 0.2) is 72.3 Å². The highest BCUT2D eigenvalue weighted by molar-refractivity contribution is 6.22. The minimum absolute atomic E-state index is 0.348. The van der Waals surface area contributed by atoms with Crippen molar-refractivity contribution in [2.24, 2.45) is 17.3 Å². The van der Waals surface area contributed by atoms with E-state index in [1.807, 2.05) is 0 Å². The Labute approximate surface area is 186 Å². The maximum atomic E-state index is 14.0. The molecular formula is C26H24O6. The SMILES string of the molecule is COc1ccc(C(=O)C2(C(=O)c3ccc(OC)cc3)C=CC=C3C(C(=O)O)CCC32)cc1. The fraction of sp³-hybridized carbons (Fsp3) is 0.269. The summed E-state index contributed by atoms with van der Waals surface area (Å²) in [7, 11) is 3.08. The lowest BCUT2D eigenvalue weighted by atomic mass is 9.62. The van der Waals surface area contributed by atoms with Gasteiger partial charge in [0.05, 0.1) is 20.1 Å². The molecule has 1 saturated carbocycles. The van der Waals surface area contributed by atoms with E-state index in [9.17, 15) is 19.5 Å². The van der Waals surface area contributed by atoms with Gasteiger partial charge in [0.2, 0.25) is 0 Å². The molecule has 2 atom stereocenters. The molecule has 2 aliphatic rings. The Morgan fingerprint density at radius 3 is 1.78 bits per heavy atom. The second kappa shape index (κ2) is 8.46. The van der Waals surface area contributed by atoms with Crippen molar-refractivity contribution in [3.8, 4) is 11.5 Å². The molecule has 0 saturated heterocycles. The number of aliphatic carboxylic acids is 1. The molecule has 2 aromatic carbocycles. The zero-order valence-corrected chi connectivity index (χ0v) is 17.9. The number of hydrogen-bond donors (Lipinski definition) is 1. The molecule has 2 aromatic rings. The van der Waals surface area contributed by atoms with Gasteiger partial charge in [0.25, 0.3) is 0 Å². The van der Waals surface area contributed by atoms with Gasteiger partial charge < -0.3 is 14.6 Å². The summed E-state index contributed by atoms with van der Waals surface area (Å²) in [6, 6.07) is 13.3. The van der Waals surface area contributed by atoms with Crippen LogP contribution in [0.3, 0.4) is 0 Å². The van der Waals surface area contributed by atoms with Gasteiger partial charge in [0.15, 0.2) is 11.6 Å². The largest absolute Gasteiger partial charge is 0.497 e.